The number of esters is 1. The minimum absolute atomic E-state index is 0.0159. The van der Waals surface area contributed by atoms with Crippen LogP contribution in [0.25, 0.3) is 0 Å². The molecule has 0 spiro atoms. The summed E-state index contributed by atoms with van der Waals surface area (Å²) in [4.78, 5) is 17.8. The van der Waals surface area contributed by atoms with Crippen molar-refractivity contribution >= 4 is 17.3 Å². The summed E-state index contributed by atoms with van der Waals surface area (Å²) < 4.78 is 5.17. The number of methoxy groups -OCH3 is 1. The second-order valence-electron chi connectivity index (χ2n) is 10.5. The lowest BCUT2D eigenvalue weighted by atomic mass is 9.72. The molecule has 3 fully saturated rings. The van der Waals surface area contributed by atoms with Crippen LogP contribution in [-0.4, -0.2) is 56.2 Å². The van der Waals surface area contributed by atoms with Gasteiger partial charge < -0.3 is 15.0 Å². The largest absolute Gasteiger partial charge is 0.469 e. The zero-order valence-electron chi connectivity index (χ0n) is 20.5. The van der Waals surface area contributed by atoms with Gasteiger partial charge in [-0.2, -0.15) is 0 Å². The quantitative estimate of drug-likeness (QED) is 0.576. The molecule has 1 unspecified atom stereocenters. The van der Waals surface area contributed by atoms with Crippen molar-refractivity contribution in [2.75, 3.05) is 43.5 Å². The number of anilines is 2. The van der Waals surface area contributed by atoms with Crippen LogP contribution in [-0.2, 0) is 9.53 Å². The van der Waals surface area contributed by atoms with Crippen LogP contribution in [0.3, 0.4) is 0 Å². The van der Waals surface area contributed by atoms with Gasteiger partial charge in [0.25, 0.3) is 0 Å². The molecule has 32 heavy (non-hydrogen) atoms. The molecule has 2 aliphatic heterocycles. The zero-order chi connectivity index (χ0) is 22.6. The third-order valence-electron chi connectivity index (χ3n) is 8.46. The van der Waals surface area contributed by atoms with Gasteiger partial charge in [-0.05, 0) is 89.1 Å². The molecule has 5 nitrogen and oxygen atoms in total. The summed E-state index contributed by atoms with van der Waals surface area (Å²) >= 11 is 0. The Morgan fingerprint density at radius 3 is 2.47 bits per heavy atom. The second-order valence-corrected chi connectivity index (χ2v) is 10.5. The molecule has 1 N–H and O–H groups in total. The minimum Gasteiger partial charge on any atom is -0.469 e. The fourth-order valence-corrected chi connectivity index (χ4v) is 6.43. The molecule has 1 aromatic rings. The van der Waals surface area contributed by atoms with Crippen LogP contribution in [0.5, 0.6) is 0 Å². The Morgan fingerprint density at radius 2 is 1.84 bits per heavy atom. The van der Waals surface area contributed by atoms with E-state index >= 15 is 0 Å². The first kappa shape index (κ1) is 23.4. The first-order valence-electron chi connectivity index (χ1n) is 13.0. The highest BCUT2D eigenvalue weighted by Crippen LogP contribution is 2.40. The molecule has 3 aliphatic rings. The van der Waals surface area contributed by atoms with Crippen molar-refractivity contribution in [3.63, 3.8) is 0 Å². The summed E-state index contributed by atoms with van der Waals surface area (Å²) in [5, 5.41) is 3.61. The van der Waals surface area contributed by atoms with E-state index in [1.807, 2.05) is 0 Å². The van der Waals surface area contributed by atoms with Crippen molar-refractivity contribution in [1.82, 2.24) is 4.90 Å². The number of nitrogens with zero attached hydrogens (tertiary/aromatic N) is 2. The topological polar surface area (TPSA) is 44.8 Å². The predicted molar refractivity (Wildman–Crippen MR) is 132 cm³/mol. The van der Waals surface area contributed by atoms with Crippen molar-refractivity contribution in [3.8, 4) is 0 Å². The van der Waals surface area contributed by atoms with E-state index in [-0.39, 0.29) is 11.4 Å². The molecule has 0 radical (unpaired) electrons. The lowest BCUT2D eigenvalue weighted by Gasteiger charge is -2.39. The van der Waals surface area contributed by atoms with Gasteiger partial charge in [0.15, 0.2) is 0 Å². The molecule has 1 atom stereocenters. The number of nitrogens with one attached hydrogen (secondary N) is 1. The van der Waals surface area contributed by atoms with Crippen molar-refractivity contribution in [2.45, 2.75) is 90.1 Å². The van der Waals surface area contributed by atoms with E-state index in [0.29, 0.717) is 0 Å². The summed E-state index contributed by atoms with van der Waals surface area (Å²) in [6.07, 6.45) is 11.6. The van der Waals surface area contributed by atoms with Gasteiger partial charge >= 0.3 is 5.97 Å². The van der Waals surface area contributed by atoms with Crippen LogP contribution >= 0.6 is 0 Å². The van der Waals surface area contributed by atoms with Gasteiger partial charge in [-0.1, -0.05) is 19.3 Å². The number of piperidine rings is 1. The number of ether oxygens (including phenoxy) is 1. The number of rotatable bonds is 7. The highest BCUT2D eigenvalue weighted by atomic mass is 16.5. The lowest BCUT2D eigenvalue weighted by molar-refractivity contribution is -0.155. The molecule has 1 aromatic carbocycles. The van der Waals surface area contributed by atoms with E-state index in [4.69, 9.17) is 4.74 Å². The summed E-state index contributed by atoms with van der Waals surface area (Å²) in [5.74, 6) is -0.0159. The summed E-state index contributed by atoms with van der Waals surface area (Å²) in [6.45, 7) is 9.01. The highest BCUT2D eigenvalue weighted by molar-refractivity contribution is 5.77. The number of carbonyl (C=O) groups is 1. The maximum atomic E-state index is 12.5. The molecule has 1 saturated carbocycles. The van der Waals surface area contributed by atoms with Crippen LogP contribution in [0.4, 0.5) is 11.4 Å². The summed E-state index contributed by atoms with van der Waals surface area (Å²) in [6, 6.07) is 8.37. The Bertz CT molecular complexity index is 766. The van der Waals surface area contributed by atoms with Gasteiger partial charge in [0.05, 0.1) is 12.5 Å². The Hall–Kier alpha value is -1.75. The normalized spacial score (nSPS) is 24.5. The Labute approximate surface area is 194 Å². The second kappa shape index (κ2) is 10.5. The number of benzene rings is 1. The van der Waals surface area contributed by atoms with E-state index in [0.717, 1.165) is 63.8 Å². The van der Waals surface area contributed by atoms with Crippen LogP contribution in [0, 0.1) is 12.3 Å². The standard InChI is InChI=1S/C27H43N3O2/c1-21-20-24(29-18-11-23(12-19-29)30-17-7-8-22(30)2)9-10-25(21)28-16-15-27(26(31)32-3)13-5-4-6-14-27/h9-10,20,22-23,28H,4-8,11-19H2,1-3H3. The lowest BCUT2D eigenvalue weighted by Crippen LogP contribution is -2.46. The SMILES string of the molecule is COC(=O)C1(CCNc2ccc(N3CCC(N4CCCC4C)CC3)cc2C)CCCCC1. The predicted octanol–water partition coefficient (Wildman–Crippen LogP) is 5.37. The van der Waals surface area contributed by atoms with E-state index in [9.17, 15) is 4.79 Å². The molecule has 0 aromatic heterocycles. The third-order valence-corrected chi connectivity index (χ3v) is 8.46. The van der Waals surface area contributed by atoms with Crippen LogP contribution in [0.1, 0.15) is 76.7 Å². The number of likely N-dealkylation sites (tertiary alicyclic amines) is 1. The molecular formula is C27H43N3O2. The maximum Gasteiger partial charge on any atom is 0.311 e. The summed E-state index contributed by atoms with van der Waals surface area (Å²) in [5.41, 5.74) is 3.53. The first-order valence-corrected chi connectivity index (χ1v) is 13.0. The molecule has 5 heteroatoms. The molecule has 0 amide bonds. The van der Waals surface area contributed by atoms with Crippen molar-refractivity contribution in [3.05, 3.63) is 23.8 Å². The fourth-order valence-electron chi connectivity index (χ4n) is 6.43. The van der Waals surface area contributed by atoms with Gasteiger partial charge in [-0.15, -0.1) is 0 Å². The molecule has 1 aliphatic carbocycles. The zero-order valence-corrected chi connectivity index (χ0v) is 20.5. The summed E-state index contributed by atoms with van der Waals surface area (Å²) in [7, 11) is 1.53. The van der Waals surface area contributed by atoms with E-state index < -0.39 is 0 Å². The Balaban J connectivity index is 1.30. The van der Waals surface area contributed by atoms with Crippen molar-refractivity contribution in [1.29, 1.82) is 0 Å². The Morgan fingerprint density at radius 1 is 1.09 bits per heavy atom. The smallest absolute Gasteiger partial charge is 0.311 e. The van der Waals surface area contributed by atoms with Crippen LogP contribution < -0.4 is 10.2 Å². The average Bonchev–Trinajstić information content (AvgIpc) is 3.26. The van der Waals surface area contributed by atoms with Crippen LogP contribution in [0.15, 0.2) is 18.2 Å². The van der Waals surface area contributed by atoms with Crippen molar-refractivity contribution < 1.29 is 9.53 Å². The van der Waals surface area contributed by atoms with Crippen molar-refractivity contribution in [2.24, 2.45) is 5.41 Å². The van der Waals surface area contributed by atoms with Gasteiger partial charge in [-0.25, -0.2) is 0 Å². The number of carbonyl (C=O) groups excluding carboxylic acids is 1. The third kappa shape index (κ3) is 5.08. The van der Waals surface area contributed by atoms with E-state index in [2.05, 4.69) is 47.2 Å². The number of aryl methyl sites for hydroxylation is 1. The monoisotopic (exact) mass is 441 g/mol. The minimum atomic E-state index is -0.287. The molecule has 2 heterocycles. The number of hydrogen-bond acceptors (Lipinski definition) is 5. The fraction of sp³-hybridized carbons (Fsp3) is 0.741. The van der Waals surface area contributed by atoms with Gasteiger partial charge in [0, 0.05) is 43.1 Å². The Kier molecular flexibility index (Phi) is 7.65. The maximum absolute atomic E-state index is 12.5. The van der Waals surface area contributed by atoms with E-state index in [1.54, 1.807) is 0 Å². The highest BCUT2D eigenvalue weighted by Gasteiger charge is 2.40. The van der Waals surface area contributed by atoms with Gasteiger partial charge in [0.1, 0.15) is 0 Å². The van der Waals surface area contributed by atoms with Gasteiger partial charge in [0.2, 0.25) is 0 Å². The van der Waals surface area contributed by atoms with Gasteiger partial charge in [-0.3, -0.25) is 9.69 Å². The van der Waals surface area contributed by atoms with E-state index in [1.165, 1.54) is 62.7 Å². The van der Waals surface area contributed by atoms with Crippen LogP contribution in [0.2, 0.25) is 0 Å². The molecule has 4 rings (SSSR count). The average molecular weight is 442 g/mol. The first-order chi connectivity index (χ1) is 15.5. The molecule has 2 saturated heterocycles. The molecule has 0 bridgehead atoms. The molecule has 178 valence electrons. The number of hydrogen-bond donors (Lipinski definition) is 1. The molecular weight excluding hydrogens is 398 g/mol.